The summed E-state index contributed by atoms with van der Waals surface area (Å²) in [5.74, 6) is 1.44. The number of carboxylic acid groups (broad SMARTS) is 1. The van der Waals surface area contributed by atoms with E-state index < -0.39 is 5.97 Å². The first-order chi connectivity index (χ1) is 12.1. The molecule has 0 amide bonds. The van der Waals surface area contributed by atoms with E-state index in [9.17, 15) is 9.90 Å². The zero-order chi connectivity index (χ0) is 17.1. The zero-order valence-corrected chi connectivity index (χ0v) is 14.5. The first kappa shape index (κ1) is 15.3. The van der Waals surface area contributed by atoms with Crippen LogP contribution in [-0.2, 0) is 0 Å². The van der Waals surface area contributed by atoms with Gasteiger partial charge in [0.05, 0.1) is 17.3 Å². The summed E-state index contributed by atoms with van der Waals surface area (Å²) in [6.07, 6.45) is 3.80. The van der Waals surface area contributed by atoms with Gasteiger partial charge in [-0.2, -0.15) is 0 Å². The van der Waals surface area contributed by atoms with E-state index in [0.717, 1.165) is 16.3 Å². The van der Waals surface area contributed by atoms with Crippen molar-refractivity contribution in [2.45, 2.75) is 31.2 Å². The van der Waals surface area contributed by atoms with Gasteiger partial charge in [-0.3, -0.25) is 0 Å². The molecule has 128 valence electrons. The van der Waals surface area contributed by atoms with Gasteiger partial charge in [0.15, 0.2) is 0 Å². The van der Waals surface area contributed by atoms with Crippen LogP contribution >= 0.6 is 11.6 Å². The van der Waals surface area contributed by atoms with E-state index >= 15 is 0 Å². The molecule has 0 unspecified atom stereocenters. The highest BCUT2D eigenvalue weighted by Crippen LogP contribution is 2.64. The van der Waals surface area contributed by atoms with Crippen molar-refractivity contribution in [3.05, 3.63) is 64.2 Å². The van der Waals surface area contributed by atoms with E-state index in [1.807, 2.05) is 24.3 Å². The van der Waals surface area contributed by atoms with Crippen LogP contribution in [0.4, 0.5) is 5.69 Å². The molecular formula is C21H20ClNO2. The Balaban J connectivity index is 1.70. The normalized spacial score (nSPS) is 32.0. The van der Waals surface area contributed by atoms with Crippen LogP contribution in [0.15, 0.2) is 42.5 Å². The number of rotatable bonds is 2. The quantitative estimate of drug-likeness (QED) is 0.766. The lowest BCUT2D eigenvalue weighted by Crippen LogP contribution is -2.36. The average molecular weight is 354 g/mol. The van der Waals surface area contributed by atoms with E-state index in [1.165, 1.54) is 24.8 Å². The van der Waals surface area contributed by atoms with Crippen LogP contribution < -0.4 is 5.32 Å². The number of halogens is 1. The van der Waals surface area contributed by atoms with E-state index in [-0.39, 0.29) is 6.04 Å². The molecule has 2 bridgehead atoms. The molecular weight excluding hydrogens is 334 g/mol. The predicted octanol–water partition coefficient (Wildman–Crippen LogP) is 5.33. The first-order valence-corrected chi connectivity index (χ1v) is 9.40. The number of carboxylic acids is 1. The van der Waals surface area contributed by atoms with Gasteiger partial charge in [-0.25, -0.2) is 4.79 Å². The molecule has 0 spiro atoms. The lowest BCUT2D eigenvalue weighted by molar-refractivity contribution is 0.0697. The summed E-state index contributed by atoms with van der Waals surface area (Å²) in [5.41, 5.74) is 3.46. The monoisotopic (exact) mass is 353 g/mol. The topological polar surface area (TPSA) is 49.3 Å². The number of hydrogen-bond donors (Lipinski definition) is 2. The maximum atomic E-state index is 11.8. The fourth-order valence-corrected chi connectivity index (χ4v) is 5.98. The van der Waals surface area contributed by atoms with Gasteiger partial charge in [0, 0.05) is 5.02 Å². The van der Waals surface area contributed by atoms with Crippen molar-refractivity contribution in [2.75, 3.05) is 5.32 Å². The average Bonchev–Trinajstić information content (AvgIpc) is 3.23. The zero-order valence-electron chi connectivity index (χ0n) is 13.8. The van der Waals surface area contributed by atoms with E-state index in [0.29, 0.717) is 29.2 Å². The summed E-state index contributed by atoms with van der Waals surface area (Å²) in [6, 6.07) is 13.8. The molecule has 0 aromatic heterocycles. The van der Waals surface area contributed by atoms with Crippen LogP contribution in [0.2, 0.25) is 5.02 Å². The Kier molecular flexibility index (Phi) is 3.36. The van der Waals surface area contributed by atoms with Gasteiger partial charge in [-0.05, 0) is 66.2 Å². The summed E-state index contributed by atoms with van der Waals surface area (Å²) in [4.78, 5) is 11.8. The summed E-state index contributed by atoms with van der Waals surface area (Å²) >= 11 is 6.52. The number of carbonyl (C=O) groups is 1. The van der Waals surface area contributed by atoms with Gasteiger partial charge in [-0.1, -0.05) is 41.9 Å². The molecule has 3 nitrogen and oxygen atoms in total. The summed E-state index contributed by atoms with van der Waals surface area (Å²) in [6.45, 7) is 0. The fourth-order valence-electron chi connectivity index (χ4n) is 5.73. The molecule has 5 atom stereocenters. The van der Waals surface area contributed by atoms with Gasteiger partial charge < -0.3 is 10.4 Å². The van der Waals surface area contributed by atoms with Gasteiger partial charge in [0.25, 0.3) is 0 Å². The van der Waals surface area contributed by atoms with Gasteiger partial charge in [0.1, 0.15) is 0 Å². The number of fused-ring (bicyclic) bond motifs is 7. The molecule has 2 aromatic rings. The van der Waals surface area contributed by atoms with Crippen LogP contribution in [-0.4, -0.2) is 11.1 Å². The second-order valence-corrected chi connectivity index (χ2v) is 8.06. The van der Waals surface area contributed by atoms with Crippen molar-refractivity contribution in [2.24, 2.45) is 17.8 Å². The highest BCUT2D eigenvalue weighted by molar-refractivity contribution is 6.31. The SMILES string of the molecule is O=C(O)c1cccc2c1N[C@H](c1ccccc1Cl)[C@@H]1[C@H]3CC[C@@H](C3)[C@@H]21. The first-order valence-electron chi connectivity index (χ1n) is 9.02. The van der Waals surface area contributed by atoms with Crippen LogP contribution in [0.25, 0.3) is 0 Å². The Bertz CT molecular complexity index is 865. The summed E-state index contributed by atoms with van der Waals surface area (Å²) < 4.78 is 0. The summed E-state index contributed by atoms with van der Waals surface area (Å²) in [7, 11) is 0. The molecule has 1 aliphatic heterocycles. The van der Waals surface area contributed by atoms with Crippen molar-refractivity contribution >= 4 is 23.3 Å². The van der Waals surface area contributed by atoms with Crippen molar-refractivity contribution in [3.63, 3.8) is 0 Å². The number of para-hydroxylation sites is 1. The second kappa shape index (κ2) is 5.50. The minimum absolute atomic E-state index is 0.0852. The molecule has 2 aliphatic carbocycles. The minimum Gasteiger partial charge on any atom is -0.478 e. The molecule has 2 aromatic carbocycles. The predicted molar refractivity (Wildman–Crippen MR) is 98.3 cm³/mol. The molecule has 1 heterocycles. The standard InChI is InChI=1S/C21H20ClNO2/c22-16-7-2-1-4-13(16)20-18-12-9-8-11(10-12)17(18)14-5-3-6-15(21(24)25)19(14)23-20/h1-7,11-12,17-18,20,23H,8-10H2,(H,24,25)/t11-,12-,17-,18+,20+/m0/s1. The highest BCUT2D eigenvalue weighted by atomic mass is 35.5. The van der Waals surface area contributed by atoms with Crippen LogP contribution in [0.1, 0.15) is 52.7 Å². The lowest BCUT2D eigenvalue weighted by atomic mass is 9.67. The van der Waals surface area contributed by atoms with Crippen molar-refractivity contribution in [1.82, 2.24) is 0 Å². The third-order valence-corrected chi connectivity index (χ3v) is 6.94. The summed E-state index contributed by atoms with van der Waals surface area (Å²) in [5, 5.41) is 14.0. The molecule has 0 radical (unpaired) electrons. The Labute approximate surface area is 152 Å². The van der Waals surface area contributed by atoms with Crippen LogP contribution in [0.3, 0.4) is 0 Å². The van der Waals surface area contributed by atoms with Gasteiger partial charge in [-0.15, -0.1) is 0 Å². The van der Waals surface area contributed by atoms with Crippen LogP contribution in [0, 0.1) is 17.8 Å². The highest BCUT2D eigenvalue weighted by Gasteiger charge is 2.54. The molecule has 2 saturated carbocycles. The molecule has 2 N–H and O–H groups in total. The Morgan fingerprint density at radius 2 is 1.80 bits per heavy atom. The largest absolute Gasteiger partial charge is 0.478 e. The molecule has 3 aliphatic rings. The van der Waals surface area contributed by atoms with Crippen LogP contribution in [0.5, 0.6) is 0 Å². The number of aromatic carboxylic acids is 1. The third-order valence-electron chi connectivity index (χ3n) is 6.59. The minimum atomic E-state index is -0.871. The van der Waals surface area contributed by atoms with Crippen molar-refractivity contribution in [1.29, 1.82) is 0 Å². The lowest BCUT2D eigenvalue weighted by Gasteiger charge is -2.44. The smallest absolute Gasteiger partial charge is 0.337 e. The Hall–Kier alpha value is -2.00. The van der Waals surface area contributed by atoms with Gasteiger partial charge >= 0.3 is 5.97 Å². The molecule has 4 heteroatoms. The second-order valence-electron chi connectivity index (χ2n) is 7.65. The van der Waals surface area contributed by atoms with Crippen molar-refractivity contribution < 1.29 is 9.90 Å². The van der Waals surface area contributed by atoms with E-state index in [4.69, 9.17) is 11.6 Å². The van der Waals surface area contributed by atoms with E-state index in [1.54, 1.807) is 6.07 Å². The number of benzene rings is 2. The molecule has 2 fully saturated rings. The third kappa shape index (κ3) is 2.15. The van der Waals surface area contributed by atoms with E-state index in [2.05, 4.69) is 17.4 Å². The number of anilines is 1. The maximum absolute atomic E-state index is 11.8. The van der Waals surface area contributed by atoms with Crippen molar-refractivity contribution in [3.8, 4) is 0 Å². The number of nitrogens with one attached hydrogen (secondary N) is 1. The Morgan fingerprint density at radius 1 is 1.04 bits per heavy atom. The fraction of sp³-hybridized carbons (Fsp3) is 0.381. The molecule has 5 rings (SSSR count). The van der Waals surface area contributed by atoms with Gasteiger partial charge in [0.2, 0.25) is 0 Å². The molecule has 25 heavy (non-hydrogen) atoms. The Morgan fingerprint density at radius 3 is 2.60 bits per heavy atom. The molecule has 0 saturated heterocycles. The number of hydrogen-bond acceptors (Lipinski definition) is 2. The maximum Gasteiger partial charge on any atom is 0.337 e.